The summed E-state index contributed by atoms with van der Waals surface area (Å²) < 4.78 is 28.2. The Labute approximate surface area is 119 Å². The summed E-state index contributed by atoms with van der Waals surface area (Å²) in [6.45, 7) is 1.90. The van der Waals surface area contributed by atoms with Crippen LogP contribution in [0.3, 0.4) is 0 Å². The molecule has 0 radical (unpaired) electrons. The second-order valence-electron chi connectivity index (χ2n) is 5.16. The molecule has 1 aromatic carbocycles. The zero-order valence-electron chi connectivity index (χ0n) is 11.9. The minimum Gasteiger partial charge on any atom is -0.496 e. The van der Waals surface area contributed by atoms with Gasteiger partial charge in [0.05, 0.1) is 18.6 Å². The topological polar surface area (TPSA) is 63.7 Å². The molecule has 6 heteroatoms. The van der Waals surface area contributed by atoms with Crippen molar-refractivity contribution in [3.05, 3.63) is 29.3 Å². The van der Waals surface area contributed by atoms with Gasteiger partial charge in [0, 0.05) is 18.7 Å². The van der Waals surface area contributed by atoms with E-state index in [2.05, 4.69) is 0 Å². The first-order chi connectivity index (χ1) is 9.34. The van der Waals surface area contributed by atoms with Crippen LogP contribution in [0.15, 0.2) is 18.2 Å². The number of carbonyl (C=O) groups excluding carboxylic acids is 1. The van der Waals surface area contributed by atoms with E-state index in [-0.39, 0.29) is 23.5 Å². The molecule has 1 unspecified atom stereocenters. The van der Waals surface area contributed by atoms with Gasteiger partial charge in [0.1, 0.15) is 5.75 Å². The normalized spacial score (nSPS) is 20.6. The van der Waals surface area contributed by atoms with E-state index in [1.165, 1.54) is 4.90 Å². The highest BCUT2D eigenvalue weighted by molar-refractivity contribution is 7.91. The van der Waals surface area contributed by atoms with Gasteiger partial charge in [-0.1, -0.05) is 6.07 Å². The maximum absolute atomic E-state index is 12.4. The average Bonchev–Trinajstić information content (AvgIpc) is 2.78. The maximum atomic E-state index is 12.4. The van der Waals surface area contributed by atoms with Gasteiger partial charge in [0.2, 0.25) is 0 Å². The Kier molecular flexibility index (Phi) is 4.04. The number of benzene rings is 1. The Balaban J connectivity index is 2.19. The summed E-state index contributed by atoms with van der Waals surface area (Å²) in [6, 6.07) is 5.02. The number of carbonyl (C=O) groups is 1. The van der Waals surface area contributed by atoms with Crippen LogP contribution in [0.2, 0.25) is 0 Å². The lowest BCUT2D eigenvalue weighted by atomic mass is 10.1. The summed E-state index contributed by atoms with van der Waals surface area (Å²) >= 11 is 0. The number of aryl methyl sites for hydroxylation is 1. The van der Waals surface area contributed by atoms with Crippen LogP contribution in [-0.4, -0.2) is 50.9 Å². The fourth-order valence-corrected chi connectivity index (χ4v) is 4.18. The second kappa shape index (κ2) is 5.44. The lowest BCUT2D eigenvalue weighted by Gasteiger charge is -2.23. The molecule has 1 amide bonds. The quantitative estimate of drug-likeness (QED) is 0.842. The minimum atomic E-state index is -2.99. The molecule has 1 aromatic rings. The van der Waals surface area contributed by atoms with Gasteiger partial charge in [-0.05, 0) is 31.0 Å². The first-order valence-electron chi connectivity index (χ1n) is 6.46. The van der Waals surface area contributed by atoms with E-state index in [0.29, 0.717) is 17.7 Å². The third-order valence-corrected chi connectivity index (χ3v) is 5.48. The summed E-state index contributed by atoms with van der Waals surface area (Å²) in [5.41, 5.74) is 1.47. The van der Waals surface area contributed by atoms with Crippen LogP contribution in [0, 0.1) is 6.92 Å². The Morgan fingerprint density at radius 3 is 2.65 bits per heavy atom. The Morgan fingerprint density at radius 1 is 1.40 bits per heavy atom. The molecule has 0 aromatic heterocycles. The van der Waals surface area contributed by atoms with Gasteiger partial charge in [-0.2, -0.15) is 0 Å². The predicted octanol–water partition coefficient (Wildman–Crippen LogP) is 1.26. The van der Waals surface area contributed by atoms with E-state index in [4.69, 9.17) is 4.74 Å². The van der Waals surface area contributed by atoms with Crippen molar-refractivity contribution in [1.82, 2.24) is 4.90 Å². The molecule has 20 heavy (non-hydrogen) atoms. The molecule has 110 valence electrons. The SMILES string of the molecule is COc1cc(C(=O)N(C)C2CCS(=O)(=O)C2)ccc1C. The van der Waals surface area contributed by atoms with Crippen molar-refractivity contribution in [3.63, 3.8) is 0 Å². The lowest BCUT2D eigenvalue weighted by molar-refractivity contribution is 0.0747. The molecule has 1 aliphatic heterocycles. The fraction of sp³-hybridized carbons (Fsp3) is 0.500. The van der Waals surface area contributed by atoms with Gasteiger partial charge in [-0.15, -0.1) is 0 Å². The molecule has 0 bridgehead atoms. The number of amides is 1. The molecule has 1 saturated heterocycles. The van der Waals surface area contributed by atoms with Gasteiger partial charge < -0.3 is 9.64 Å². The van der Waals surface area contributed by atoms with Crippen LogP contribution in [0.5, 0.6) is 5.75 Å². The zero-order valence-corrected chi connectivity index (χ0v) is 12.7. The highest BCUT2D eigenvalue weighted by atomic mass is 32.2. The Morgan fingerprint density at radius 2 is 2.10 bits per heavy atom. The van der Waals surface area contributed by atoms with Crippen molar-refractivity contribution in [1.29, 1.82) is 0 Å². The second-order valence-corrected chi connectivity index (χ2v) is 7.39. The van der Waals surface area contributed by atoms with Gasteiger partial charge >= 0.3 is 0 Å². The van der Waals surface area contributed by atoms with Crippen LogP contribution >= 0.6 is 0 Å². The van der Waals surface area contributed by atoms with Crippen LogP contribution in [0.1, 0.15) is 22.3 Å². The number of hydrogen-bond acceptors (Lipinski definition) is 4. The molecule has 5 nitrogen and oxygen atoms in total. The summed E-state index contributed by atoms with van der Waals surface area (Å²) in [5.74, 6) is 0.693. The van der Waals surface area contributed by atoms with Crippen molar-refractivity contribution in [3.8, 4) is 5.75 Å². The van der Waals surface area contributed by atoms with Gasteiger partial charge in [0.25, 0.3) is 5.91 Å². The molecule has 1 heterocycles. The lowest BCUT2D eigenvalue weighted by Crippen LogP contribution is -2.37. The van der Waals surface area contributed by atoms with E-state index in [9.17, 15) is 13.2 Å². The molecule has 0 N–H and O–H groups in total. The van der Waals surface area contributed by atoms with E-state index in [1.807, 2.05) is 13.0 Å². The average molecular weight is 297 g/mol. The van der Waals surface area contributed by atoms with Crippen LogP contribution in [0.4, 0.5) is 0 Å². The van der Waals surface area contributed by atoms with E-state index in [0.717, 1.165) is 5.56 Å². The number of sulfone groups is 1. The summed E-state index contributed by atoms with van der Waals surface area (Å²) in [5, 5.41) is 0. The van der Waals surface area contributed by atoms with Crippen LogP contribution in [-0.2, 0) is 9.84 Å². The summed E-state index contributed by atoms with van der Waals surface area (Å²) in [7, 11) is 0.218. The molecule has 0 aliphatic carbocycles. The molecule has 2 rings (SSSR count). The molecule has 0 spiro atoms. The number of hydrogen-bond donors (Lipinski definition) is 0. The number of rotatable bonds is 3. The number of ether oxygens (including phenoxy) is 1. The van der Waals surface area contributed by atoms with E-state index in [1.54, 1.807) is 26.3 Å². The first-order valence-corrected chi connectivity index (χ1v) is 8.28. The summed E-state index contributed by atoms with van der Waals surface area (Å²) in [6.07, 6.45) is 0.508. The highest BCUT2D eigenvalue weighted by Crippen LogP contribution is 2.22. The molecule has 1 aliphatic rings. The van der Waals surface area contributed by atoms with E-state index >= 15 is 0 Å². The molecular weight excluding hydrogens is 278 g/mol. The molecule has 0 saturated carbocycles. The van der Waals surface area contributed by atoms with Crippen molar-refractivity contribution < 1.29 is 17.9 Å². The van der Waals surface area contributed by atoms with Crippen LogP contribution in [0.25, 0.3) is 0 Å². The largest absolute Gasteiger partial charge is 0.496 e. The third-order valence-electron chi connectivity index (χ3n) is 3.73. The minimum absolute atomic E-state index is 0.0538. The van der Waals surface area contributed by atoms with Gasteiger partial charge in [0.15, 0.2) is 9.84 Å². The van der Waals surface area contributed by atoms with Crippen molar-refractivity contribution >= 4 is 15.7 Å². The first kappa shape index (κ1) is 14.8. The fourth-order valence-electron chi connectivity index (χ4n) is 2.40. The third kappa shape index (κ3) is 2.95. The van der Waals surface area contributed by atoms with Gasteiger partial charge in [-0.25, -0.2) is 8.42 Å². The predicted molar refractivity (Wildman–Crippen MR) is 76.9 cm³/mol. The smallest absolute Gasteiger partial charge is 0.254 e. The summed E-state index contributed by atoms with van der Waals surface area (Å²) in [4.78, 5) is 13.9. The number of nitrogens with zero attached hydrogens (tertiary/aromatic N) is 1. The highest BCUT2D eigenvalue weighted by Gasteiger charge is 2.33. The standard InChI is InChI=1S/C14H19NO4S/c1-10-4-5-11(8-13(10)19-3)14(16)15(2)12-6-7-20(17,18)9-12/h4-5,8,12H,6-7,9H2,1-3H3. The van der Waals surface area contributed by atoms with Crippen LogP contribution < -0.4 is 4.74 Å². The molecule has 1 fully saturated rings. The molecule has 1 atom stereocenters. The monoisotopic (exact) mass is 297 g/mol. The zero-order chi connectivity index (χ0) is 14.9. The Hall–Kier alpha value is -1.56. The maximum Gasteiger partial charge on any atom is 0.254 e. The Bertz CT molecular complexity index is 624. The van der Waals surface area contributed by atoms with Crippen molar-refractivity contribution in [2.24, 2.45) is 0 Å². The van der Waals surface area contributed by atoms with Crippen molar-refractivity contribution in [2.45, 2.75) is 19.4 Å². The number of methoxy groups -OCH3 is 1. The van der Waals surface area contributed by atoms with Gasteiger partial charge in [-0.3, -0.25) is 4.79 Å². The van der Waals surface area contributed by atoms with Crippen molar-refractivity contribution in [2.75, 3.05) is 25.7 Å². The molecular formula is C14H19NO4S. The van der Waals surface area contributed by atoms with E-state index < -0.39 is 9.84 Å².